The number of hydrogen-bond acceptors (Lipinski definition) is 5. The molecule has 0 amide bonds. The average molecular weight is 342 g/mol. The molecule has 8 heteroatoms. The molecule has 4 rings (SSSR count). The van der Waals surface area contributed by atoms with Gasteiger partial charge in [0.15, 0.2) is 0 Å². The molecule has 2 atom stereocenters. The van der Waals surface area contributed by atoms with Crippen molar-refractivity contribution in [3.63, 3.8) is 0 Å². The van der Waals surface area contributed by atoms with Crippen molar-refractivity contribution in [3.05, 3.63) is 17.3 Å². The minimum Gasteiger partial charge on any atom is -0.356 e. The Labute approximate surface area is 135 Å². The molecule has 0 radical (unpaired) electrons. The minimum absolute atomic E-state index is 0.298. The van der Waals surface area contributed by atoms with Crippen LogP contribution in [0.5, 0.6) is 0 Å². The second-order valence-corrected chi connectivity index (χ2v) is 7.38. The lowest BCUT2D eigenvalue weighted by Gasteiger charge is -2.35. The summed E-state index contributed by atoms with van der Waals surface area (Å²) in [5.74, 6) is 1.38. The van der Waals surface area contributed by atoms with E-state index in [1.165, 1.54) is 6.33 Å². The highest BCUT2D eigenvalue weighted by Gasteiger charge is 2.34. The molecule has 2 aliphatic heterocycles. The normalized spacial score (nSPS) is 25.1. The number of rotatable bonds is 2. The summed E-state index contributed by atoms with van der Waals surface area (Å²) >= 11 is 1.11. The Hall–Kier alpha value is -1.41. The largest absolute Gasteiger partial charge is 0.393 e. The van der Waals surface area contributed by atoms with Crippen molar-refractivity contribution in [2.24, 2.45) is 5.92 Å². The van der Waals surface area contributed by atoms with Gasteiger partial charge >= 0.3 is 6.18 Å². The second kappa shape index (κ2) is 5.59. The quantitative estimate of drug-likeness (QED) is 0.911. The van der Waals surface area contributed by atoms with Crippen LogP contribution >= 0.6 is 11.3 Å². The lowest BCUT2D eigenvalue weighted by molar-refractivity contribution is -0.126. The van der Waals surface area contributed by atoms with Gasteiger partial charge in [-0.05, 0) is 31.4 Å². The molecule has 2 aromatic heterocycles. The number of fused-ring (bicyclic) bond motifs is 2. The van der Waals surface area contributed by atoms with Crippen molar-refractivity contribution >= 4 is 27.4 Å². The van der Waals surface area contributed by atoms with E-state index >= 15 is 0 Å². The van der Waals surface area contributed by atoms with Gasteiger partial charge in [0.2, 0.25) is 0 Å². The van der Waals surface area contributed by atoms with Crippen molar-refractivity contribution in [1.29, 1.82) is 0 Å². The van der Waals surface area contributed by atoms with Crippen LogP contribution in [0.25, 0.3) is 10.2 Å². The SMILES string of the molecule is FC(F)(F)Cc1cc2c(N3CCC4NCC[C@H]4C3)ncnc2s1. The van der Waals surface area contributed by atoms with Crippen LogP contribution in [-0.4, -0.2) is 41.8 Å². The van der Waals surface area contributed by atoms with Gasteiger partial charge in [-0.2, -0.15) is 13.2 Å². The molecule has 1 N–H and O–H groups in total. The molecule has 2 fully saturated rings. The molecule has 0 saturated carbocycles. The number of thiophene rings is 1. The van der Waals surface area contributed by atoms with Crippen LogP contribution < -0.4 is 10.2 Å². The molecule has 124 valence electrons. The molecule has 0 spiro atoms. The first-order valence-electron chi connectivity index (χ1n) is 7.78. The number of piperidine rings is 1. The zero-order valence-electron chi connectivity index (χ0n) is 12.4. The summed E-state index contributed by atoms with van der Waals surface area (Å²) in [7, 11) is 0. The first-order valence-corrected chi connectivity index (χ1v) is 8.60. The molecule has 0 bridgehead atoms. The first kappa shape index (κ1) is 15.1. The first-order chi connectivity index (χ1) is 11.0. The zero-order valence-corrected chi connectivity index (χ0v) is 13.3. The molecular formula is C15H17F3N4S. The van der Waals surface area contributed by atoms with Crippen LogP contribution in [0.15, 0.2) is 12.4 Å². The standard InChI is InChI=1S/C15H17F3N4S/c16-15(17,18)6-10-5-11-13(20-8-21-14(11)23-10)22-4-2-12-9(7-22)1-3-19-12/h5,8-9,12,19H,1-4,6-7H2/t9-,12?/m0/s1. The van der Waals surface area contributed by atoms with Crippen LogP contribution in [0.3, 0.4) is 0 Å². The summed E-state index contributed by atoms with van der Waals surface area (Å²) < 4.78 is 37.9. The van der Waals surface area contributed by atoms with E-state index in [0.717, 1.165) is 55.0 Å². The summed E-state index contributed by atoms with van der Waals surface area (Å²) in [5, 5.41) is 4.27. The van der Waals surface area contributed by atoms with E-state index in [0.29, 0.717) is 21.7 Å². The fourth-order valence-corrected chi connectivity index (χ4v) is 4.69. The van der Waals surface area contributed by atoms with E-state index in [-0.39, 0.29) is 0 Å². The van der Waals surface area contributed by atoms with E-state index in [1.807, 2.05) is 0 Å². The average Bonchev–Trinajstić information content (AvgIpc) is 3.09. The molecule has 2 saturated heterocycles. The van der Waals surface area contributed by atoms with Gasteiger partial charge in [0.1, 0.15) is 17.0 Å². The van der Waals surface area contributed by atoms with Crippen molar-refractivity contribution < 1.29 is 13.2 Å². The van der Waals surface area contributed by atoms with Crippen LogP contribution in [0.4, 0.5) is 19.0 Å². The Balaban J connectivity index is 1.64. The summed E-state index contributed by atoms with van der Waals surface area (Å²) in [6, 6.07) is 2.19. The van der Waals surface area contributed by atoms with Gasteiger partial charge in [-0.1, -0.05) is 0 Å². The van der Waals surface area contributed by atoms with Crippen LogP contribution in [0, 0.1) is 5.92 Å². The second-order valence-electron chi connectivity index (χ2n) is 6.26. The number of alkyl halides is 3. The van der Waals surface area contributed by atoms with E-state index in [9.17, 15) is 13.2 Å². The monoisotopic (exact) mass is 342 g/mol. The summed E-state index contributed by atoms with van der Waals surface area (Å²) in [5.41, 5.74) is 0. The smallest absolute Gasteiger partial charge is 0.356 e. The third kappa shape index (κ3) is 3.01. The van der Waals surface area contributed by atoms with Crippen molar-refractivity contribution in [1.82, 2.24) is 15.3 Å². The number of aromatic nitrogens is 2. The maximum atomic E-state index is 12.6. The molecule has 4 nitrogen and oxygen atoms in total. The van der Waals surface area contributed by atoms with Crippen molar-refractivity contribution in [2.75, 3.05) is 24.5 Å². The van der Waals surface area contributed by atoms with E-state index in [2.05, 4.69) is 20.2 Å². The van der Waals surface area contributed by atoms with Gasteiger partial charge in [0.25, 0.3) is 0 Å². The van der Waals surface area contributed by atoms with Gasteiger partial charge in [0, 0.05) is 24.0 Å². The Morgan fingerprint density at radius 1 is 1.30 bits per heavy atom. The number of hydrogen-bond donors (Lipinski definition) is 1. The third-order valence-electron chi connectivity index (χ3n) is 4.69. The molecule has 1 unspecified atom stereocenters. The maximum Gasteiger partial charge on any atom is 0.393 e. The fourth-order valence-electron chi connectivity index (χ4n) is 3.67. The Morgan fingerprint density at radius 3 is 3.00 bits per heavy atom. The summed E-state index contributed by atoms with van der Waals surface area (Å²) in [6.45, 7) is 2.84. The van der Waals surface area contributed by atoms with E-state index in [4.69, 9.17) is 0 Å². The van der Waals surface area contributed by atoms with Crippen LogP contribution in [0.1, 0.15) is 17.7 Å². The lowest BCUT2D eigenvalue weighted by Crippen LogP contribution is -2.44. The number of halogens is 3. The third-order valence-corrected chi connectivity index (χ3v) is 5.73. The summed E-state index contributed by atoms with van der Waals surface area (Å²) in [4.78, 5) is 11.7. The van der Waals surface area contributed by atoms with Crippen molar-refractivity contribution in [2.45, 2.75) is 31.5 Å². The molecule has 23 heavy (non-hydrogen) atoms. The maximum absolute atomic E-state index is 12.6. The number of anilines is 1. The topological polar surface area (TPSA) is 41.0 Å². The highest BCUT2D eigenvalue weighted by atomic mass is 32.1. The molecule has 0 aromatic carbocycles. The van der Waals surface area contributed by atoms with Gasteiger partial charge < -0.3 is 10.2 Å². The Kier molecular flexibility index (Phi) is 3.68. The van der Waals surface area contributed by atoms with Gasteiger partial charge in [0.05, 0.1) is 11.8 Å². The predicted molar refractivity (Wildman–Crippen MR) is 83.9 cm³/mol. The Bertz CT molecular complexity index is 714. The van der Waals surface area contributed by atoms with E-state index in [1.54, 1.807) is 6.07 Å². The lowest BCUT2D eigenvalue weighted by atomic mass is 9.93. The van der Waals surface area contributed by atoms with Crippen LogP contribution in [0.2, 0.25) is 0 Å². The molecule has 2 aromatic rings. The number of nitrogens with zero attached hydrogens (tertiary/aromatic N) is 3. The highest BCUT2D eigenvalue weighted by Crippen LogP contribution is 2.35. The van der Waals surface area contributed by atoms with Gasteiger partial charge in [-0.15, -0.1) is 11.3 Å². The van der Waals surface area contributed by atoms with Crippen molar-refractivity contribution in [3.8, 4) is 0 Å². The highest BCUT2D eigenvalue weighted by molar-refractivity contribution is 7.18. The zero-order chi connectivity index (χ0) is 16.0. The van der Waals surface area contributed by atoms with E-state index < -0.39 is 12.6 Å². The van der Waals surface area contributed by atoms with Gasteiger partial charge in [-0.25, -0.2) is 9.97 Å². The Morgan fingerprint density at radius 2 is 2.17 bits per heavy atom. The number of nitrogens with one attached hydrogen (secondary N) is 1. The fraction of sp³-hybridized carbons (Fsp3) is 0.600. The van der Waals surface area contributed by atoms with Crippen LogP contribution in [-0.2, 0) is 6.42 Å². The minimum atomic E-state index is -4.19. The molecule has 2 aliphatic rings. The van der Waals surface area contributed by atoms with Gasteiger partial charge in [-0.3, -0.25) is 0 Å². The summed E-state index contributed by atoms with van der Waals surface area (Å²) in [6.07, 6.45) is -1.43. The molecule has 0 aliphatic carbocycles. The predicted octanol–water partition coefficient (Wildman–Crippen LogP) is 2.98. The molecule has 4 heterocycles. The molecular weight excluding hydrogens is 325 g/mol.